The summed E-state index contributed by atoms with van der Waals surface area (Å²) < 4.78 is 19.4. The molecule has 0 bridgehead atoms. The van der Waals surface area contributed by atoms with Crippen LogP contribution in [0.3, 0.4) is 0 Å². The van der Waals surface area contributed by atoms with Crippen molar-refractivity contribution in [2.24, 2.45) is 0 Å². The van der Waals surface area contributed by atoms with Crippen LogP contribution in [0.5, 0.6) is 5.75 Å². The third-order valence-electron chi connectivity index (χ3n) is 2.65. The topological polar surface area (TPSA) is 35.2 Å². The van der Waals surface area contributed by atoms with Crippen LogP contribution in [0, 0.1) is 12.7 Å². The summed E-state index contributed by atoms with van der Waals surface area (Å²) in [5.74, 6) is 0.350. The normalized spacial score (nSPS) is 10.4. The average molecular weight is 310 g/mol. The van der Waals surface area contributed by atoms with Crippen LogP contribution in [0.2, 0.25) is 0 Å². The number of anilines is 1. The fourth-order valence-corrected chi connectivity index (χ4v) is 2.06. The zero-order valence-corrected chi connectivity index (χ0v) is 11.5. The van der Waals surface area contributed by atoms with Crippen molar-refractivity contribution >= 4 is 21.6 Å². The molecule has 0 aliphatic carbocycles. The summed E-state index contributed by atoms with van der Waals surface area (Å²) in [7, 11) is 0. The number of benzene rings is 2. The summed E-state index contributed by atoms with van der Waals surface area (Å²) in [6, 6.07) is 10.4. The number of ether oxygens (including phenoxy) is 1. The first kappa shape index (κ1) is 12.9. The van der Waals surface area contributed by atoms with E-state index in [4.69, 9.17) is 10.5 Å². The van der Waals surface area contributed by atoms with Crippen LogP contribution in [0.4, 0.5) is 10.1 Å². The third-order valence-corrected chi connectivity index (χ3v) is 3.53. The predicted octanol–water partition coefficient (Wildman–Crippen LogP) is 4.06. The van der Waals surface area contributed by atoms with Gasteiger partial charge in [0.05, 0.1) is 10.2 Å². The van der Waals surface area contributed by atoms with Crippen LogP contribution in [0.25, 0.3) is 0 Å². The molecule has 2 rings (SSSR count). The second-order valence-electron chi connectivity index (χ2n) is 3.99. The second-order valence-corrected chi connectivity index (χ2v) is 4.79. The van der Waals surface area contributed by atoms with Gasteiger partial charge in [-0.1, -0.05) is 24.3 Å². The maximum absolute atomic E-state index is 13.3. The maximum Gasteiger partial charge on any atom is 0.145 e. The van der Waals surface area contributed by atoms with Crippen LogP contribution in [0.1, 0.15) is 11.1 Å². The van der Waals surface area contributed by atoms with Gasteiger partial charge in [0, 0.05) is 5.56 Å². The van der Waals surface area contributed by atoms with E-state index >= 15 is 0 Å². The van der Waals surface area contributed by atoms with Crippen LogP contribution in [-0.2, 0) is 6.61 Å². The standard InChI is InChI=1S/C14H13BrFNO/c1-9-4-2-7-12(17)14(9)18-8-10-5-3-6-11(16)13(10)15/h2-7H,8,17H2,1H3. The van der Waals surface area contributed by atoms with Gasteiger partial charge < -0.3 is 10.5 Å². The Morgan fingerprint density at radius 2 is 1.94 bits per heavy atom. The van der Waals surface area contributed by atoms with E-state index in [0.717, 1.165) is 11.1 Å². The molecule has 18 heavy (non-hydrogen) atoms. The van der Waals surface area contributed by atoms with Gasteiger partial charge in [0.2, 0.25) is 0 Å². The van der Waals surface area contributed by atoms with E-state index in [-0.39, 0.29) is 12.4 Å². The van der Waals surface area contributed by atoms with Gasteiger partial charge in [-0.2, -0.15) is 0 Å². The molecule has 0 saturated heterocycles. The summed E-state index contributed by atoms with van der Waals surface area (Å²) in [4.78, 5) is 0. The van der Waals surface area contributed by atoms with E-state index in [1.165, 1.54) is 6.07 Å². The van der Waals surface area contributed by atoms with Crippen molar-refractivity contribution in [3.8, 4) is 5.75 Å². The minimum Gasteiger partial charge on any atom is -0.486 e. The molecule has 0 aromatic heterocycles. The van der Waals surface area contributed by atoms with Crippen LogP contribution in [0.15, 0.2) is 40.9 Å². The fraction of sp³-hybridized carbons (Fsp3) is 0.143. The quantitative estimate of drug-likeness (QED) is 0.868. The smallest absolute Gasteiger partial charge is 0.145 e. The Bertz CT molecular complexity index is 551. The van der Waals surface area contributed by atoms with Crippen molar-refractivity contribution in [2.45, 2.75) is 13.5 Å². The fourth-order valence-electron chi connectivity index (χ4n) is 1.68. The molecule has 0 amide bonds. The largest absolute Gasteiger partial charge is 0.486 e. The summed E-state index contributed by atoms with van der Waals surface area (Å²) in [6.07, 6.45) is 0. The molecule has 0 aliphatic heterocycles. The minimum absolute atomic E-state index is 0.271. The van der Waals surface area contributed by atoms with Gasteiger partial charge in [0.15, 0.2) is 0 Å². The van der Waals surface area contributed by atoms with Crippen molar-refractivity contribution in [3.05, 3.63) is 57.8 Å². The average Bonchev–Trinajstić information content (AvgIpc) is 2.33. The molecule has 2 nitrogen and oxygen atoms in total. The lowest BCUT2D eigenvalue weighted by atomic mass is 10.2. The van der Waals surface area contributed by atoms with Gasteiger partial charge in [-0.3, -0.25) is 0 Å². The number of rotatable bonds is 3. The Morgan fingerprint density at radius 3 is 2.67 bits per heavy atom. The molecular formula is C14H13BrFNO. The number of nitrogens with two attached hydrogens (primary N) is 1. The van der Waals surface area contributed by atoms with Crippen molar-refractivity contribution < 1.29 is 9.13 Å². The van der Waals surface area contributed by atoms with E-state index in [0.29, 0.717) is 15.9 Å². The van der Waals surface area contributed by atoms with Gasteiger partial charge in [0.1, 0.15) is 18.2 Å². The minimum atomic E-state index is -0.297. The molecule has 2 aromatic rings. The first-order valence-electron chi connectivity index (χ1n) is 5.50. The SMILES string of the molecule is Cc1cccc(N)c1OCc1cccc(F)c1Br. The van der Waals surface area contributed by atoms with Crippen molar-refractivity contribution in [1.29, 1.82) is 0 Å². The zero-order chi connectivity index (χ0) is 13.1. The van der Waals surface area contributed by atoms with E-state index in [1.807, 2.05) is 25.1 Å². The highest BCUT2D eigenvalue weighted by atomic mass is 79.9. The molecule has 2 N–H and O–H groups in total. The monoisotopic (exact) mass is 309 g/mol. The number of para-hydroxylation sites is 1. The Hall–Kier alpha value is -1.55. The van der Waals surface area contributed by atoms with Crippen LogP contribution >= 0.6 is 15.9 Å². The first-order chi connectivity index (χ1) is 8.59. The molecule has 0 heterocycles. The highest BCUT2D eigenvalue weighted by Gasteiger charge is 2.08. The molecule has 2 aromatic carbocycles. The molecule has 94 valence electrons. The molecule has 0 atom stereocenters. The number of hydrogen-bond donors (Lipinski definition) is 1. The van der Waals surface area contributed by atoms with E-state index in [2.05, 4.69) is 15.9 Å². The highest BCUT2D eigenvalue weighted by molar-refractivity contribution is 9.10. The number of hydrogen-bond acceptors (Lipinski definition) is 2. The first-order valence-corrected chi connectivity index (χ1v) is 6.29. The molecule has 0 aliphatic rings. The third kappa shape index (κ3) is 2.64. The van der Waals surface area contributed by atoms with E-state index in [1.54, 1.807) is 12.1 Å². The molecule has 0 saturated carbocycles. The summed E-state index contributed by atoms with van der Waals surface area (Å²) >= 11 is 3.20. The van der Waals surface area contributed by atoms with Gasteiger partial charge >= 0.3 is 0 Å². The van der Waals surface area contributed by atoms with Crippen molar-refractivity contribution in [2.75, 3.05) is 5.73 Å². The summed E-state index contributed by atoms with van der Waals surface area (Å²) in [5, 5.41) is 0. The van der Waals surface area contributed by atoms with Gasteiger partial charge in [-0.25, -0.2) is 4.39 Å². The lowest BCUT2D eigenvalue weighted by Crippen LogP contribution is -2.01. The van der Waals surface area contributed by atoms with Gasteiger partial charge in [-0.05, 0) is 40.5 Å². The summed E-state index contributed by atoms with van der Waals surface area (Å²) in [5.41, 5.74) is 8.14. The number of aryl methyl sites for hydroxylation is 1. The zero-order valence-electron chi connectivity index (χ0n) is 9.91. The second kappa shape index (κ2) is 5.40. The van der Waals surface area contributed by atoms with E-state index < -0.39 is 0 Å². The number of nitrogen functional groups attached to an aromatic ring is 1. The lowest BCUT2D eigenvalue weighted by Gasteiger charge is -2.12. The Morgan fingerprint density at radius 1 is 1.22 bits per heavy atom. The molecular weight excluding hydrogens is 297 g/mol. The molecule has 4 heteroatoms. The molecule has 0 fully saturated rings. The van der Waals surface area contributed by atoms with Crippen LogP contribution in [-0.4, -0.2) is 0 Å². The summed E-state index contributed by atoms with van der Waals surface area (Å²) in [6.45, 7) is 2.19. The van der Waals surface area contributed by atoms with Gasteiger partial charge in [0.25, 0.3) is 0 Å². The molecule has 0 unspecified atom stereocenters. The Balaban J connectivity index is 2.19. The van der Waals surface area contributed by atoms with Crippen LogP contribution < -0.4 is 10.5 Å². The van der Waals surface area contributed by atoms with Crippen molar-refractivity contribution in [3.63, 3.8) is 0 Å². The predicted molar refractivity (Wildman–Crippen MR) is 74.0 cm³/mol. The molecule has 0 radical (unpaired) electrons. The maximum atomic E-state index is 13.3. The van der Waals surface area contributed by atoms with E-state index in [9.17, 15) is 4.39 Å². The van der Waals surface area contributed by atoms with Crippen molar-refractivity contribution in [1.82, 2.24) is 0 Å². The Kier molecular flexibility index (Phi) is 3.87. The molecule has 0 spiro atoms. The lowest BCUT2D eigenvalue weighted by molar-refractivity contribution is 0.304. The van der Waals surface area contributed by atoms with Gasteiger partial charge in [-0.15, -0.1) is 0 Å². The Labute approximate surface area is 114 Å². The number of halogens is 2. The highest BCUT2D eigenvalue weighted by Crippen LogP contribution is 2.28.